The molecule has 11 heteroatoms. The lowest BCUT2D eigenvalue weighted by Gasteiger charge is -2.61. The number of rotatable bonds is 15. The van der Waals surface area contributed by atoms with Gasteiger partial charge in [0.25, 0.3) is 0 Å². The Bertz CT molecular complexity index is 1470. The van der Waals surface area contributed by atoms with Crippen LogP contribution in [0.25, 0.3) is 0 Å². The average Bonchev–Trinajstić information content (AvgIpc) is 3.12. The maximum absolute atomic E-state index is 12.2. The van der Waals surface area contributed by atoms with Crippen molar-refractivity contribution in [1.29, 1.82) is 5.26 Å². The highest BCUT2D eigenvalue weighted by Crippen LogP contribution is 2.64. The van der Waals surface area contributed by atoms with E-state index < -0.39 is 0 Å². The maximum Gasteiger partial charge on any atom is 0.333 e. The summed E-state index contributed by atoms with van der Waals surface area (Å²) in [4.78, 5) is 26.4. The van der Waals surface area contributed by atoms with Gasteiger partial charge in [-0.3, -0.25) is 4.90 Å². The second-order valence-corrected chi connectivity index (χ2v) is 23.6. The average molecular weight is 908 g/mol. The summed E-state index contributed by atoms with van der Waals surface area (Å²) in [7, 11) is 0. The molecule has 0 radical (unpaired) electrons. The topological polar surface area (TPSA) is 128 Å². The minimum absolute atomic E-state index is 0.0272. The summed E-state index contributed by atoms with van der Waals surface area (Å²) in [6.07, 6.45) is 13.0. The number of hydrogen-bond donors (Lipinski definition) is 1. The van der Waals surface area contributed by atoms with Gasteiger partial charge >= 0.3 is 11.9 Å². The van der Waals surface area contributed by atoms with Crippen molar-refractivity contribution < 1.29 is 38.4 Å². The van der Waals surface area contributed by atoms with E-state index in [4.69, 9.17) is 40.5 Å². The lowest BCUT2D eigenvalue weighted by atomic mass is 9.48. The van der Waals surface area contributed by atoms with Gasteiger partial charge in [-0.25, -0.2) is 9.59 Å². The molecule has 0 amide bonds. The fourth-order valence-corrected chi connectivity index (χ4v) is 12.3. The van der Waals surface area contributed by atoms with E-state index in [2.05, 4.69) is 94.2 Å². The van der Waals surface area contributed by atoms with Gasteiger partial charge in [-0.1, -0.05) is 73.2 Å². The zero-order valence-corrected chi connectivity index (χ0v) is 43.1. The van der Waals surface area contributed by atoms with Crippen molar-refractivity contribution in [3.8, 4) is 6.07 Å². The number of aliphatic hydroxyl groups is 1. The van der Waals surface area contributed by atoms with Crippen molar-refractivity contribution in [2.75, 3.05) is 45.8 Å². The number of ether oxygens (including phenoxy) is 5. The van der Waals surface area contributed by atoms with Crippen molar-refractivity contribution in [3.05, 3.63) is 24.3 Å². The van der Waals surface area contributed by atoms with Gasteiger partial charge in [-0.2, -0.15) is 5.26 Å². The largest absolute Gasteiger partial charge is 0.456 e. The van der Waals surface area contributed by atoms with Crippen LogP contribution in [0.5, 0.6) is 0 Å². The number of alkyl halides is 1. The third-order valence-electron chi connectivity index (χ3n) is 13.3. The van der Waals surface area contributed by atoms with Crippen LogP contribution in [0.1, 0.15) is 174 Å². The molecule has 364 valence electrons. The van der Waals surface area contributed by atoms with Crippen molar-refractivity contribution >= 4 is 23.5 Å². The van der Waals surface area contributed by atoms with Crippen LogP contribution in [-0.2, 0) is 33.3 Å². The molecule has 4 unspecified atom stereocenters. The van der Waals surface area contributed by atoms with E-state index in [1.54, 1.807) is 19.9 Å². The van der Waals surface area contributed by atoms with Gasteiger partial charge in [0, 0.05) is 36.8 Å². The van der Waals surface area contributed by atoms with Crippen molar-refractivity contribution in [1.82, 2.24) is 4.90 Å². The lowest BCUT2D eigenvalue weighted by Crippen LogP contribution is -2.58. The molecular formula is C52H91ClN2O8. The summed E-state index contributed by atoms with van der Waals surface area (Å²) in [5.74, 6) is 2.11. The molecule has 0 aromatic carbocycles. The first kappa shape index (κ1) is 57.1. The van der Waals surface area contributed by atoms with Crippen molar-refractivity contribution in [2.45, 2.75) is 197 Å². The molecule has 0 aromatic heterocycles. The van der Waals surface area contributed by atoms with Gasteiger partial charge in [0.15, 0.2) is 0 Å². The number of esters is 2. The Morgan fingerprint density at radius 2 is 1.10 bits per heavy atom. The first-order chi connectivity index (χ1) is 29.1. The number of nitriles is 1. The molecule has 0 spiro atoms. The summed E-state index contributed by atoms with van der Waals surface area (Å²) in [6, 6.07) is 3.43. The Morgan fingerprint density at radius 3 is 1.38 bits per heavy atom. The Hall–Kier alpha value is -2.00. The first-order valence-electron chi connectivity index (χ1n) is 23.9. The Labute approximate surface area is 389 Å². The van der Waals surface area contributed by atoms with Gasteiger partial charge in [-0.15, -0.1) is 0 Å². The van der Waals surface area contributed by atoms with E-state index in [0.29, 0.717) is 66.4 Å². The van der Waals surface area contributed by atoms with Gasteiger partial charge in [0.1, 0.15) is 24.1 Å². The number of halogens is 1. The Balaban J connectivity index is 0.000000312. The molecular weight excluding hydrogens is 816 g/mol. The van der Waals surface area contributed by atoms with Crippen molar-refractivity contribution in [2.24, 2.45) is 45.3 Å². The van der Waals surface area contributed by atoms with Crippen LogP contribution < -0.4 is 0 Å². The smallest absolute Gasteiger partial charge is 0.333 e. The molecule has 4 atom stereocenters. The predicted molar refractivity (Wildman–Crippen MR) is 255 cm³/mol. The standard InChI is InChI=1S/C21H34O4.C15H22O3.C8H19N.C6H13ClO.C2H3N/c1-15(2)18(22)25-21-9-16-6-17(10-21)8-20(7-16,11-21)13-24-14-23-12-19(3,4)5;1-10(2)13(17)18-15-6-11-3-12(7-15)5-14(4-11,8-15)9-16;1-6-9(7(2)3)8(4)5;1-6(2,3)4-8-5-7;1-2-3/h16-17H,1,6-14H2,2-5H3;11-12,16H,1,3-9H2,2H3;7-8H,6H2,1-5H3;4-5H2,1-3H3;1H3. The Morgan fingerprint density at radius 1 is 0.730 bits per heavy atom. The summed E-state index contributed by atoms with van der Waals surface area (Å²) in [6.45, 7) is 40.2. The maximum atomic E-state index is 12.2. The normalized spacial score (nSPS) is 30.7. The Kier molecular flexibility index (Phi) is 22.4. The SMILES string of the molecule is C=C(C)C(=O)OC12CC3CC(CC(CO)(C3)C1)C2.C=C(C)C(=O)OC12CC3CC(CC(COCOCC(C)(C)C)(C3)C1)C2.CC#N.CC(C)(C)COCCl.CCN(C(C)C)C(C)C. The number of carbonyl (C=O) groups is 2. The molecule has 8 aliphatic rings. The van der Waals surface area contributed by atoms with Crippen LogP contribution in [0, 0.1) is 56.7 Å². The van der Waals surface area contributed by atoms with Gasteiger partial charge in [-0.05, 0) is 170 Å². The summed E-state index contributed by atoms with van der Waals surface area (Å²) in [5.41, 5.74) is 0.975. The van der Waals surface area contributed by atoms with Gasteiger partial charge in [0.05, 0.1) is 25.9 Å². The second-order valence-electron chi connectivity index (χ2n) is 23.4. The number of nitrogens with zero attached hydrogens (tertiary/aromatic N) is 2. The molecule has 0 aromatic rings. The molecule has 8 bridgehead atoms. The number of hydrogen-bond acceptors (Lipinski definition) is 10. The van der Waals surface area contributed by atoms with Crippen LogP contribution in [0.2, 0.25) is 0 Å². The van der Waals surface area contributed by atoms with Crippen LogP contribution in [0.15, 0.2) is 24.3 Å². The molecule has 8 fully saturated rings. The first-order valence-corrected chi connectivity index (χ1v) is 24.4. The van der Waals surface area contributed by atoms with Crippen molar-refractivity contribution in [3.63, 3.8) is 0 Å². The number of aliphatic hydroxyl groups excluding tert-OH is 1. The van der Waals surface area contributed by atoms with Crippen LogP contribution in [-0.4, -0.2) is 91.1 Å². The molecule has 8 saturated carbocycles. The van der Waals surface area contributed by atoms with Crippen LogP contribution in [0.4, 0.5) is 0 Å². The highest BCUT2D eigenvalue weighted by atomic mass is 35.5. The minimum atomic E-state index is -0.303. The second kappa shape index (κ2) is 24.7. The fraction of sp³-hybridized carbons (Fsp3) is 0.865. The molecule has 0 aliphatic heterocycles. The lowest BCUT2D eigenvalue weighted by molar-refractivity contribution is -0.213. The quantitative estimate of drug-likeness (QED) is 0.0558. The summed E-state index contributed by atoms with van der Waals surface area (Å²) in [5, 5.41) is 17.1. The summed E-state index contributed by atoms with van der Waals surface area (Å²) < 4.78 is 28.3. The highest BCUT2D eigenvalue weighted by molar-refractivity contribution is 6.17. The molecule has 10 nitrogen and oxygen atoms in total. The van der Waals surface area contributed by atoms with Gasteiger partial charge in [0.2, 0.25) is 0 Å². The monoisotopic (exact) mass is 907 g/mol. The predicted octanol–water partition coefficient (Wildman–Crippen LogP) is 11.8. The van der Waals surface area contributed by atoms with E-state index in [-0.39, 0.29) is 51.4 Å². The van der Waals surface area contributed by atoms with E-state index in [1.165, 1.54) is 32.6 Å². The van der Waals surface area contributed by atoms with E-state index in [1.807, 2.05) is 0 Å². The molecule has 1 N–H and O–H groups in total. The van der Waals surface area contributed by atoms with E-state index in [0.717, 1.165) is 71.1 Å². The van der Waals surface area contributed by atoms with Crippen LogP contribution in [0.3, 0.4) is 0 Å². The summed E-state index contributed by atoms with van der Waals surface area (Å²) >= 11 is 5.29. The van der Waals surface area contributed by atoms with Gasteiger partial charge < -0.3 is 28.8 Å². The zero-order valence-electron chi connectivity index (χ0n) is 42.4. The third kappa shape index (κ3) is 18.7. The molecule has 0 heterocycles. The number of carbonyl (C=O) groups excluding carboxylic acids is 2. The molecule has 0 saturated heterocycles. The van der Waals surface area contributed by atoms with E-state index >= 15 is 0 Å². The fourth-order valence-electron chi connectivity index (χ4n) is 12.2. The van der Waals surface area contributed by atoms with E-state index in [9.17, 15) is 14.7 Å². The third-order valence-corrected chi connectivity index (χ3v) is 13.5. The minimum Gasteiger partial charge on any atom is -0.456 e. The molecule has 8 aliphatic carbocycles. The molecule has 63 heavy (non-hydrogen) atoms. The van der Waals surface area contributed by atoms with Crippen LogP contribution >= 0.6 is 11.6 Å². The molecule has 8 rings (SSSR count). The highest BCUT2D eigenvalue weighted by Gasteiger charge is 2.60. The zero-order chi connectivity index (χ0) is 48.0.